The molecule has 0 spiro atoms. The first-order chi connectivity index (χ1) is 8.97. The maximum atomic E-state index is 11.8. The van der Waals surface area contributed by atoms with Gasteiger partial charge in [-0.2, -0.15) is 4.31 Å². The highest BCUT2D eigenvalue weighted by molar-refractivity contribution is 7.88. The number of aromatic nitrogens is 1. The molecule has 19 heavy (non-hydrogen) atoms. The van der Waals surface area contributed by atoms with E-state index in [0.717, 1.165) is 30.9 Å². The largest absolute Gasteiger partial charge is 0.352 e. The fourth-order valence-electron chi connectivity index (χ4n) is 3.33. The number of rotatable bonds is 2. The number of sulfonamides is 1. The summed E-state index contributed by atoms with van der Waals surface area (Å²) in [4.78, 5) is 6.83. The van der Waals surface area contributed by atoms with Gasteiger partial charge in [0.25, 0.3) is 0 Å². The van der Waals surface area contributed by atoms with E-state index in [1.54, 1.807) is 4.31 Å². The molecule has 3 rings (SSSR count). The molecule has 0 aromatic carbocycles. The minimum absolute atomic E-state index is 0.123. The van der Waals surface area contributed by atoms with Gasteiger partial charge in [0.15, 0.2) is 0 Å². The van der Waals surface area contributed by atoms with Crippen LogP contribution in [-0.4, -0.2) is 49.1 Å². The molecule has 0 unspecified atom stereocenters. The van der Waals surface area contributed by atoms with Crippen LogP contribution in [0.4, 0.5) is 5.82 Å². The second-order valence-electron chi connectivity index (χ2n) is 5.42. The molecule has 5 nitrogen and oxygen atoms in total. The quantitative estimate of drug-likeness (QED) is 0.811. The number of nitrogens with zero attached hydrogens (tertiary/aromatic N) is 3. The maximum absolute atomic E-state index is 11.8. The predicted molar refractivity (Wildman–Crippen MR) is 74.7 cm³/mol. The van der Waals surface area contributed by atoms with Gasteiger partial charge < -0.3 is 4.90 Å². The van der Waals surface area contributed by atoms with Gasteiger partial charge in [-0.15, -0.1) is 0 Å². The summed E-state index contributed by atoms with van der Waals surface area (Å²) >= 11 is 0. The molecule has 0 aliphatic carbocycles. The number of aryl methyl sites for hydroxylation is 1. The Balaban J connectivity index is 1.86. The molecule has 6 heteroatoms. The third-order valence-electron chi connectivity index (χ3n) is 4.12. The summed E-state index contributed by atoms with van der Waals surface area (Å²) in [7, 11) is -3.08. The van der Waals surface area contributed by atoms with Gasteiger partial charge >= 0.3 is 0 Å². The second kappa shape index (κ2) is 4.45. The number of hydrogen-bond acceptors (Lipinski definition) is 4. The van der Waals surface area contributed by atoms with E-state index in [1.165, 1.54) is 6.26 Å². The molecule has 2 saturated heterocycles. The summed E-state index contributed by atoms with van der Waals surface area (Å²) in [5.74, 6) is 0.975. The molecule has 0 N–H and O–H groups in total. The van der Waals surface area contributed by atoms with Crippen LogP contribution in [0.5, 0.6) is 0 Å². The van der Waals surface area contributed by atoms with Crippen molar-refractivity contribution in [2.75, 3.05) is 24.2 Å². The topological polar surface area (TPSA) is 53.5 Å². The molecule has 2 atom stereocenters. The summed E-state index contributed by atoms with van der Waals surface area (Å²) in [6, 6.07) is 6.41. The van der Waals surface area contributed by atoms with E-state index in [2.05, 4.69) is 9.88 Å². The minimum Gasteiger partial charge on any atom is -0.352 e. The van der Waals surface area contributed by atoms with Gasteiger partial charge in [0, 0.05) is 30.9 Å². The lowest BCUT2D eigenvalue weighted by molar-refractivity contribution is 0.391. The van der Waals surface area contributed by atoms with Crippen LogP contribution in [0.25, 0.3) is 0 Å². The highest BCUT2D eigenvalue weighted by atomic mass is 32.2. The van der Waals surface area contributed by atoms with Crippen LogP contribution in [-0.2, 0) is 10.0 Å². The summed E-state index contributed by atoms with van der Waals surface area (Å²) in [5.41, 5.74) is 0.999. The molecule has 0 bridgehead atoms. The molecule has 0 radical (unpaired) electrons. The summed E-state index contributed by atoms with van der Waals surface area (Å²) in [6.45, 7) is 3.50. The Morgan fingerprint density at radius 1 is 1.21 bits per heavy atom. The van der Waals surface area contributed by atoms with E-state index < -0.39 is 10.0 Å². The van der Waals surface area contributed by atoms with Crippen LogP contribution in [0.1, 0.15) is 18.5 Å². The lowest BCUT2D eigenvalue weighted by Crippen LogP contribution is -2.39. The first-order valence-electron chi connectivity index (χ1n) is 6.64. The van der Waals surface area contributed by atoms with Crippen molar-refractivity contribution in [3.63, 3.8) is 0 Å². The molecule has 0 saturated carbocycles. The normalized spacial score (nSPS) is 27.8. The average Bonchev–Trinajstić information content (AvgIpc) is 2.87. The van der Waals surface area contributed by atoms with Gasteiger partial charge in [0.2, 0.25) is 10.0 Å². The van der Waals surface area contributed by atoms with Crippen molar-refractivity contribution >= 4 is 15.8 Å². The van der Waals surface area contributed by atoms with Crippen LogP contribution >= 0.6 is 0 Å². The van der Waals surface area contributed by atoms with Crippen molar-refractivity contribution < 1.29 is 8.42 Å². The van der Waals surface area contributed by atoms with Crippen molar-refractivity contribution in [2.45, 2.75) is 31.8 Å². The zero-order valence-corrected chi connectivity index (χ0v) is 12.1. The van der Waals surface area contributed by atoms with Gasteiger partial charge in [0.05, 0.1) is 6.26 Å². The van der Waals surface area contributed by atoms with Gasteiger partial charge in [-0.1, -0.05) is 6.07 Å². The Morgan fingerprint density at radius 3 is 2.63 bits per heavy atom. The minimum atomic E-state index is -3.08. The number of hydrogen-bond donors (Lipinski definition) is 0. The smallest absolute Gasteiger partial charge is 0.211 e. The Kier molecular flexibility index (Phi) is 3.02. The van der Waals surface area contributed by atoms with Crippen LogP contribution in [0.3, 0.4) is 0 Å². The van der Waals surface area contributed by atoms with Crippen LogP contribution in [0.2, 0.25) is 0 Å². The number of fused-ring (bicyclic) bond motifs is 1. The maximum Gasteiger partial charge on any atom is 0.211 e. The monoisotopic (exact) mass is 281 g/mol. The number of pyridine rings is 1. The Hall–Kier alpha value is -1.14. The van der Waals surface area contributed by atoms with E-state index in [9.17, 15) is 8.42 Å². The Bertz CT molecular complexity index is 587. The van der Waals surface area contributed by atoms with Crippen LogP contribution < -0.4 is 4.90 Å². The van der Waals surface area contributed by atoms with Crippen molar-refractivity contribution in [3.8, 4) is 0 Å². The fourth-order valence-corrected chi connectivity index (χ4v) is 4.51. The van der Waals surface area contributed by atoms with Gasteiger partial charge in [0.1, 0.15) is 5.82 Å². The second-order valence-corrected chi connectivity index (χ2v) is 7.35. The zero-order valence-electron chi connectivity index (χ0n) is 11.3. The average molecular weight is 281 g/mol. The van der Waals surface area contributed by atoms with Crippen LogP contribution in [0, 0.1) is 6.92 Å². The van der Waals surface area contributed by atoms with E-state index in [4.69, 9.17) is 0 Å². The first-order valence-corrected chi connectivity index (χ1v) is 8.49. The molecule has 2 aliphatic rings. The number of anilines is 1. The molecule has 1 aromatic rings. The van der Waals surface area contributed by atoms with E-state index in [1.807, 2.05) is 25.1 Å². The van der Waals surface area contributed by atoms with E-state index in [0.29, 0.717) is 6.54 Å². The fraction of sp³-hybridized carbons (Fsp3) is 0.615. The lowest BCUT2D eigenvalue weighted by Gasteiger charge is -2.25. The summed E-state index contributed by atoms with van der Waals surface area (Å²) in [5, 5.41) is 0. The van der Waals surface area contributed by atoms with Crippen LogP contribution in [0.15, 0.2) is 18.2 Å². The van der Waals surface area contributed by atoms with E-state index >= 15 is 0 Å². The lowest BCUT2D eigenvalue weighted by atomic mass is 10.1. The Labute approximate surface area is 114 Å². The molecule has 0 amide bonds. The van der Waals surface area contributed by atoms with Gasteiger partial charge in [-0.05, 0) is 31.9 Å². The molecule has 2 aliphatic heterocycles. The predicted octanol–water partition coefficient (Wildman–Crippen LogP) is 1.00. The van der Waals surface area contributed by atoms with Gasteiger partial charge in [-0.25, -0.2) is 13.4 Å². The van der Waals surface area contributed by atoms with Crippen molar-refractivity contribution in [1.29, 1.82) is 0 Å². The third-order valence-corrected chi connectivity index (χ3v) is 5.42. The third kappa shape index (κ3) is 2.23. The molecule has 3 heterocycles. The molecule has 104 valence electrons. The molecular weight excluding hydrogens is 262 g/mol. The molecular formula is C13H19N3O2S. The standard InChI is InChI=1S/C13H19N3O2S/c1-10-4-3-5-13(14-10)15-8-6-12-11(15)7-9-16(12)19(2,17)18/h3-5,11-12H,6-9H2,1-2H3/t11-,12+/m0/s1. The first kappa shape index (κ1) is 12.9. The van der Waals surface area contributed by atoms with E-state index in [-0.39, 0.29) is 12.1 Å². The molecule has 2 fully saturated rings. The van der Waals surface area contributed by atoms with Crippen molar-refractivity contribution in [1.82, 2.24) is 9.29 Å². The van der Waals surface area contributed by atoms with Crippen molar-refractivity contribution in [2.24, 2.45) is 0 Å². The van der Waals surface area contributed by atoms with Gasteiger partial charge in [-0.3, -0.25) is 0 Å². The van der Waals surface area contributed by atoms with Crippen molar-refractivity contribution in [3.05, 3.63) is 23.9 Å². The summed E-state index contributed by atoms with van der Waals surface area (Å²) < 4.78 is 25.2. The zero-order chi connectivity index (χ0) is 13.6. The summed E-state index contributed by atoms with van der Waals surface area (Å²) in [6.07, 6.45) is 3.10. The Morgan fingerprint density at radius 2 is 1.95 bits per heavy atom. The SMILES string of the molecule is Cc1cccc(N2CC[C@@H]3[C@@H]2CCN3S(C)(=O)=O)n1. The highest BCUT2D eigenvalue weighted by Crippen LogP contribution is 2.35. The molecule has 1 aromatic heterocycles. The highest BCUT2D eigenvalue weighted by Gasteiger charge is 2.46.